The first-order valence-electron chi connectivity index (χ1n) is 5.85. The maximum absolute atomic E-state index is 12.8. The zero-order valence-corrected chi connectivity index (χ0v) is 10.7. The summed E-state index contributed by atoms with van der Waals surface area (Å²) >= 11 is 5.73. The summed E-state index contributed by atoms with van der Waals surface area (Å²) in [4.78, 5) is 3.50. The second-order valence-corrected chi connectivity index (χ2v) is 5.56. The quantitative estimate of drug-likeness (QED) is 0.694. The predicted molar refractivity (Wildman–Crippen MR) is 60.9 cm³/mol. The summed E-state index contributed by atoms with van der Waals surface area (Å²) in [6.45, 7) is 0.999. The van der Waals surface area contributed by atoms with Crippen molar-refractivity contribution < 1.29 is 18.3 Å². The predicted octanol–water partition coefficient (Wildman–Crippen LogP) is 0.615. The summed E-state index contributed by atoms with van der Waals surface area (Å²) in [6, 6.07) is 0. The molecule has 0 radical (unpaired) electrons. The van der Waals surface area contributed by atoms with Crippen LogP contribution in [-0.2, 0) is 0 Å². The molecule has 2 heterocycles. The van der Waals surface area contributed by atoms with Crippen molar-refractivity contribution in [3.05, 3.63) is 0 Å². The van der Waals surface area contributed by atoms with Crippen LogP contribution in [-0.4, -0.2) is 65.7 Å². The zero-order valence-electron chi connectivity index (χ0n) is 9.99. The van der Waals surface area contributed by atoms with Gasteiger partial charge in [-0.15, -0.1) is 11.6 Å². The van der Waals surface area contributed by atoms with E-state index in [9.17, 15) is 18.3 Å². The number of halogens is 4. The number of aliphatic hydroxyl groups is 1. The molecule has 2 rings (SSSR count). The number of rotatable bonds is 1. The standard InChI is InChI=1S/C10H17ClF3N3O/c1-16-4-9(18)17(5-16)8-2-6(10(12,13)14)7(11)3-15-8/h6-9,15,18H,2-5H2,1H3. The lowest BCUT2D eigenvalue weighted by Crippen LogP contribution is -2.57. The number of nitrogens with one attached hydrogen (secondary N) is 1. The molecule has 8 heteroatoms. The van der Waals surface area contributed by atoms with Crippen LogP contribution in [0.15, 0.2) is 0 Å². The van der Waals surface area contributed by atoms with Gasteiger partial charge in [0.1, 0.15) is 6.23 Å². The van der Waals surface area contributed by atoms with Gasteiger partial charge in [0, 0.05) is 13.1 Å². The van der Waals surface area contributed by atoms with Gasteiger partial charge in [0.2, 0.25) is 0 Å². The topological polar surface area (TPSA) is 38.7 Å². The van der Waals surface area contributed by atoms with E-state index in [1.165, 1.54) is 0 Å². The van der Waals surface area contributed by atoms with E-state index in [4.69, 9.17) is 11.6 Å². The number of β-amino-alcohol motifs (C(OH)–C–C–N with tert-alkyl or cyclic N) is 1. The molecular formula is C10H17ClF3N3O. The number of hydrogen-bond donors (Lipinski definition) is 2. The Balaban J connectivity index is 2.03. The molecule has 18 heavy (non-hydrogen) atoms. The molecule has 0 spiro atoms. The van der Waals surface area contributed by atoms with Gasteiger partial charge in [-0.3, -0.25) is 4.90 Å². The van der Waals surface area contributed by atoms with Crippen molar-refractivity contribution in [1.29, 1.82) is 0 Å². The number of piperidine rings is 1. The van der Waals surface area contributed by atoms with Crippen LogP contribution >= 0.6 is 11.6 Å². The summed E-state index contributed by atoms with van der Waals surface area (Å²) in [5.74, 6) is -1.52. The monoisotopic (exact) mass is 287 g/mol. The Kier molecular flexibility index (Phi) is 4.08. The highest BCUT2D eigenvalue weighted by atomic mass is 35.5. The number of likely N-dealkylation sites (N-methyl/N-ethyl adjacent to an activating group) is 1. The summed E-state index contributed by atoms with van der Waals surface area (Å²) in [5, 5.41) is 11.8. The third kappa shape index (κ3) is 2.91. The Hall–Kier alpha value is -0.0800. The number of alkyl halides is 4. The molecule has 4 nitrogen and oxygen atoms in total. The van der Waals surface area contributed by atoms with Gasteiger partial charge in [0.25, 0.3) is 0 Å². The smallest absolute Gasteiger partial charge is 0.377 e. The Bertz CT molecular complexity index is 305. The van der Waals surface area contributed by atoms with Crippen LogP contribution in [0.1, 0.15) is 6.42 Å². The molecule has 2 aliphatic rings. The van der Waals surface area contributed by atoms with Crippen molar-refractivity contribution in [2.24, 2.45) is 5.92 Å². The lowest BCUT2D eigenvalue weighted by molar-refractivity contribution is -0.188. The summed E-state index contributed by atoms with van der Waals surface area (Å²) in [6.07, 6.45) is -5.62. The third-order valence-corrected chi connectivity index (χ3v) is 4.00. The Morgan fingerprint density at radius 2 is 2.06 bits per heavy atom. The van der Waals surface area contributed by atoms with Gasteiger partial charge >= 0.3 is 6.18 Å². The molecule has 0 aromatic carbocycles. The van der Waals surface area contributed by atoms with Crippen molar-refractivity contribution in [3.8, 4) is 0 Å². The fraction of sp³-hybridized carbons (Fsp3) is 1.00. The fourth-order valence-corrected chi connectivity index (χ4v) is 2.91. The SMILES string of the molecule is CN1CC(O)N(C2CC(C(F)(F)F)C(Cl)CN2)C1. The molecule has 2 N–H and O–H groups in total. The fourth-order valence-electron chi connectivity index (χ4n) is 2.57. The summed E-state index contributed by atoms with van der Waals surface area (Å²) in [7, 11) is 1.82. The van der Waals surface area contributed by atoms with Gasteiger partial charge in [-0.25, -0.2) is 4.90 Å². The minimum atomic E-state index is -4.29. The Morgan fingerprint density at radius 3 is 2.56 bits per heavy atom. The first-order valence-corrected chi connectivity index (χ1v) is 6.29. The van der Waals surface area contributed by atoms with Gasteiger partial charge < -0.3 is 10.4 Å². The first kappa shape index (κ1) is 14.3. The van der Waals surface area contributed by atoms with Crippen LogP contribution in [0.2, 0.25) is 0 Å². The normalized spacial score (nSPS) is 40.3. The van der Waals surface area contributed by atoms with Gasteiger partial charge in [0.15, 0.2) is 0 Å². The number of nitrogens with zero attached hydrogens (tertiary/aromatic N) is 2. The van der Waals surface area contributed by atoms with E-state index in [-0.39, 0.29) is 13.0 Å². The average Bonchev–Trinajstić information content (AvgIpc) is 2.57. The lowest BCUT2D eigenvalue weighted by atomic mass is 9.94. The lowest BCUT2D eigenvalue weighted by Gasteiger charge is -2.40. The summed E-state index contributed by atoms with van der Waals surface area (Å²) in [5.41, 5.74) is 0. The molecule has 2 fully saturated rings. The molecule has 4 unspecified atom stereocenters. The molecule has 0 amide bonds. The molecule has 0 bridgehead atoms. The molecule has 106 valence electrons. The van der Waals surface area contributed by atoms with Crippen LogP contribution in [0.4, 0.5) is 13.2 Å². The highest BCUT2D eigenvalue weighted by molar-refractivity contribution is 6.21. The van der Waals surface area contributed by atoms with Crippen molar-refractivity contribution in [1.82, 2.24) is 15.1 Å². The molecule has 0 saturated carbocycles. The van der Waals surface area contributed by atoms with Crippen LogP contribution in [0.25, 0.3) is 0 Å². The van der Waals surface area contributed by atoms with E-state index < -0.39 is 29.9 Å². The largest absolute Gasteiger partial charge is 0.393 e. The second kappa shape index (κ2) is 5.13. The third-order valence-electron chi connectivity index (χ3n) is 3.55. The minimum Gasteiger partial charge on any atom is -0.377 e. The average molecular weight is 288 g/mol. The summed E-state index contributed by atoms with van der Waals surface area (Å²) < 4.78 is 38.5. The van der Waals surface area contributed by atoms with Crippen LogP contribution in [0.5, 0.6) is 0 Å². The van der Waals surface area contributed by atoms with Gasteiger partial charge in [-0.2, -0.15) is 13.2 Å². The van der Waals surface area contributed by atoms with Crippen molar-refractivity contribution in [2.45, 2.75) is 30.4 Å². The molecule has 2 saturated heterocycles. The van der Waals surface area contributed by atoms with Gasteiger partial charge in [0.05, 0.1) is 24.1 Å². The van der Waals surface area contributed by atoms with E-state index in [2.05, 4.69) is 5.32 Å². The van der Waals surface area contributed by atoms with Gasteiger partial charge in [-0.05, 0) is 13.5 Å². The second-order valence-electron chi connectivity index (χ2n) is 5.00. The number of aliphatic hydroxyl groups excluding tert-OH is 1. The van der Waals surface area contributed by atoms with Crippen molar-refractivity contribution in [3.63, 3.8) is 0 Å². The maximum Gasteiger partial charge on any atom is 0.393 e. The van der Waals surface area contributed by atoms with E-state index in [1.54, 1.807) is 4.90 Å². The molecular weight excluding hydrogens is 271 g/mol. The molecule has 0 aliphatic carbocycles. The number of hydrogen-bond acceptors (Lipinski definition) is 4. The van der Waals surface area contributed by atoms with E-state index in [1.807, 2.05) is 11.9 Å². The Labute approximate surface area is 109 Å². The van der Waals surface area contributed by atoms with E-state index >= 15 is 0 Å². The van der Waals surface area contributed by atoms with Gasteiger partial charge in [-0.1, -0.05) is 0 Å². The minimum absolute atomic E-state index is 0.101. The van der Waals surface area contributed by atoms with E-state index in [0.717, 1.165) is 0 Å². The van der Waals surface area contributed by atoms with Crippen LogP contribution in [0, 0.1) is 5.92 Å². The maximum atomic E-state index is 12.8. The van der Waals surface area contributed by atoms with Crippen LogP contribution in [0.3, 0.4) is 0 Å². The molecule has 2 aliphatic heterocycles. The molecule has 0 aromatic heterocycles. The highest BCUT2D eigenvalue weighted by Gasteiger charge is 2.49. The van der Waals surface area contributed by atoms with E-state index in [0.29, 0.717) is 13.2 Å². The van der Waals surface area contributed by atoms with Crippen molar-refractivity contribution in [2.75, 3.05) is 26.8 Å². The highest BCUT2D eigenvalue weighted by Crippen LogP contribution is 2.37. The Morgan fingerprint density at radius 1 is 1.39 bits per heavy atom. The first-order chi connectivity index (χ1) is 8.29. The zero-order chi connectivity index (χ0) is 13.5. The van der Waals surface area contributed by atoms with Crippen molar-refractivity contribution >= 4 is 11.6 Å². The van der Waals surface area contributed by atoms with Crippen LogP contribution < -0.4 is 5.32 Å². The molecule has 4 atom stereocenters. The molecule has 0 aromatic rings.